The van der Waals surface area contributed by atoms with Crippen LogP contribution in [0.5, 0.6) is 0 Å². The maximum atomic E-state index is 13.5. The first kappa shape index (κ1) is 94.6. The van der Waals surface area contributed by atoms with E-state index in [1.807, 2.05) is 0 Å². The number of hydrogen-bond acceptors (Lipinski definition) is 32. The van der Waals surface area contributed by atoms with Gasteiger partial charge in [0.2, 0.25) is 35.1 Å². The Bertz CT molecular complexity index is 2460. The van der Waals surface area contributed by atoms with Gasteiger partial charge in [0.25, 0.3) is 0 Å². The monoisotopic (exact) mass is 1520 g/mol. The molecule has 2 heterocycles. The second-order valence-corrected chi connectivity index (χ2v) is 22.7. The van der Waals surface area contributed by atoms with Gasteiger partial charge < -0.3 is 165 Å². The van der Waals surface area contributed by atoms with Crippen molar-refractivity contribution >= 4 is 47.5 Å². The molecule has 42 nitrogen and oxygen atoms in total. The summed E-state index contributed by atoms with van der Waals surface area (Å²) in [6.07, 6.45) is -6.16. The van der Waals surface area contributed by atoms with Crippen LogP contribution in [0.3, 0.4) is 0 Å². The molecular formula is C63H115N11O31. The molecule has 2 rings (SSSR count). The number of nitrogens with zero attached hydrogens (tertiary/aromatic N) is 3. The number of rotatable bonds is 69. The molecule has 19 N–H and O–H groups in total. The lowest BCUT2D eigenvalue weighted by atomic mass is 9.87. The fourth-order valence-electron chi connectivity index (χ4n) is 9.44. The van der Waals surface area contributed by atoms with Gasteiger partial charge in [-0.25, -0.2) is 25.5 Å². The molecule has 0 spiro atoms. The molecule has 0 bridgehead atoms. The molecule has 0 saturated heterocycles. The molecule has 0 aromatic carbocycles. The van der Waals surface area contributed by atoms with E-state index in [4.69, 9.17) is 114 Å². The Morgan fingerprint density at radius 2 is 0.819 bits per heavy atom. The van der Waals surface area contributed by atoms with Crippen LogP contribution in [0.1, 0.15) is 26.7 Å². The molecule has 608 valence electrons. The minimum absolute atomic E-state index is 0.00532. The van der Waals surface area contributed by atoms with Gasteiger partial charge in [-0.05, 0) is 18.6 Å². The largest absolute Gasteiger partial charge is 0.480 e. The Balaban J connectivity index is 1.71. The summed E-state index contributed by atoms with van der Waals surface area (Å²) in [6, 6.07) is -3.36. The second-order valence-electron chi connectivity index (χ2n) is 22.7. The van der Waals surface area contributed by atoms with E-state index in [2.05, 4.69) is 30.8 Å². The minimum atomic E-state index is -1.75. The Morgan fingerprint density at radius 1 is 0.486 bits per heavy atom. The number of aliphatic carboxylic acids is 2. The molecule has 4 amide bonds. The molecule has 0 aromatic heterocycles. The normalized spacial score (nSPS) is 18.3. The summed E-state index contributed by atoms with van der Waals surface area (Å²) in [6.45, 7) is 9.55. The lowest BCUT2D eigenvalue weighted by Crippen LogP contribution is -2.60. The summed E-state index contributed by atoms with van der Waals surface area (Å²) < 4.78 is 100. The number of hydrogen-bond donors (Lipinski definition) is 14. The molecule has 2 aliphatic heterocycles. The van der Waals surface area contributed by atoms with E-state index in [0.29, 0.717) is 139 Å². The molecule has 42 heteroatoms. The van der Waals surface area contributed by atoms with Gasteiger partial charge in [-0.2, -0.15) is 0 Å². The van der Waals surface area contributed by atoms with Crippen molar-refractivity contribution in [2.45, 2.75) is 81.4 Å². The Hall–Kier alpha value is -6.44. The van der Waals surface area contributed by atoms with Crippen molar-refractivity contribution in [3.8, 4) is 0 Å². The predicted octanol–water partition coefficient (Wildman–Crippen LogP) is -7.41. The van der Waals surface area contributed by atoms with Crippen LogP contribution in [0.25, 0.3) is 0 Å². The van der Waals surface area contributed by atoms with Crippen molar-refractivity contribution in [1.82, 2.24) is 20.9 Å². The molecule has 0 fully saturated rings. The van der Waals surface area contributed by atoms with Gasteiger partial charge >= 0.3 is 11.9 Å². The van der Waals surface area contributed by atoms with E-state index in [9.17, 15) is 59.4 Å². The second kappa shape index (κ2) is 61.6. The van der Waals surface area contributed by atoms with Gasteiger partial charge in [-0.15, -0.1) is 0 Å². The highest BCUT2D eigenvalue weighted by atomic mass is 16.6. The number of carboxylic acids is 2. The molecule has 105 heavy (non-hydrogen) atoms. The third-order valence-corrected chi connectivity index (χ3v) is 14.5. The van der Waals surface area contributed by atoms with Crippen molar-refractivity contribution < 1.29 is 150 Å². The number of aliphatic imine (C=N–C) groups is 2. The minimum Gasteiger partial charge on any atom is -0.480 e. The van der Waals surface area contributed by atoms with E-state index in [0.717, 1.165) is 19.4 Å². The molecule has 10 atom stereocenters. The lowest BCUT2D eigenvalue weighted by molar-refractivity contribution is -0.160. The van der Waals surface area contributed by atoms with Gasteiger partial charge in [-0.1, -0.05) is 6.92 Å². The predicted molar refractivity (Wildman–Crippen MR) is 366 cm³/mol. The molecular weight excluding hydrogens is 1410 g/mol. The number of amides is 4. The number of aliphatic hydroxyl groups is 4. The number of carbonyl (C=O) groups excluding carboxylic acids is 4. The molecule has 2 aliphatic rings. The topological polar surface area (TPSA) is 593 Å². The van der Waals surface area contributed by atoms with Crippen molar-refractivity contribution in [2.75, 3.05) is 244 Å². The van der Waals surface area contributed by atoms with Crippen molar-refractivity contribution in [3.63, 3.8) is 0 Å². The molecule has 0 aromatic rings. The van der Waals surface area contributed by atoms with E-state index >= 15 is 0 Å². The lowest BCUT2D eigenvalue weighted by Gasteiger charge is -2.40. The van der Waals surface area contributed by atoms with Crippen molar-refractivity contribution in [1.29, 1.82) is 0 Å². The van der Waals surface area contributed by atoms with E-state index in [1.54, 1.807) is 6.92 Å². The summed E-state index contributed by atoms with van der Waals surface area (Å²) in [5.41, 5.74) is 22.2. The van der Waals surface area contributed by atoms with Gasteiger partial charge in [0.1, 0.15) is 43.7 Å². The van der Waals surface area contributed by atoms with Crippen LogP contribution in [0, 0.1) is 5.92 Å². The number of nitrogens with one attached hydrogen (secondary N) is 3. The van der Waals surface area contributed by atoms with Gasteiger partial charge in [0, 0.05) is 52.2 Å². The number of nitrogens with two attached hydrogens (primary N) is 5. The highest BCUT2D eigenvalue weighted by Crippen LogP contribution is 2.31. The summed E-state index contributed by atoms with van der Waals surface area (Å²) in [4.78, 5) is 89.2. The molecule has 0 saturated carbocycles. The number of carbonyl (C=O) groups is 6. The molecule has 0 unspecified atom stereocenters. The van der Waals surface area contributed by atoms with Crippen LogP contribution in [0.4, 0.5) is 0 Å². The van der Waals surface area contributed by atoms with E-state index in [-0.39, 0.29) is 97.3 Å². The first-order chi connectivity index (χ1) is 50.7. The van der Waals surface area contributed by atoms with Crippen LogP contribution in [0.15, 0.2) is 33.7 Å². The van der Waals surface area contributed by atoms with Crippen LogP contribution >= 0.6 is 0 Å². The maximum absolute atomic E-state index is 13.5. The zero-order valence-corrected chi connectivity index (χ0v) is 60.1. The maximum Gasteiger partial charge on any atom is 0.370 e. The first-order valence-electron chi connectivity index (χ1n) is 34.4. The zero-order chi connectivity index (χ0) is 77.1. The van der Waals surface area contributed by atoms with Gasteiger partial charge in [0.15, 0.2) is 18.0 Å². The third kappa shape index (κ3) is 46.4. The van der Waals surface area contributed by atoms with Gasteiger partial charge in [-0.3, -0.25) is 19.2 Å². The fraction of sp³-hybridized carbons (Fsp3) is 0.810. The summed E-state index contributed by atoms with van der Waals surface area (Å²) >= 11 is 0. The van der Waals surface area contributed by atoms with Crippen LogP contribution in [-0.2, 0) is 119 Å². The fourth-order valence-corrected chi connectivity index (χ4v) is 9.44. The Labute approximate surface area is 610 Å². The smallest absolute Gasteiger partial charge is 0.370 e. The highest BCUT2D eigenvalue weighted by molar-refractivity contribution is 5.86. The van der Waals surface area contributed by atoms with Crippen LogP contribution in [-0.4, -0.2) is 382 Å². The van der Waals surface area contributed by atoms with Crippen LogP contribution < -0.4 is 44.8 Å². The highest BCUT2D eigenvalue weighted by Gasteiger charge is 2.46. The summed E-state index contributed by atoms with van der Waals surface area (Å²) in [5, 5.41) is 68.1. The SMILES string of the molecule is CC(=O)N[C@H]1[C@H]([C@H](OCC(=O)NCCOCCN(CCOCCNC(=O)CO[C@@H]([C@@H]2OC(C(=O)O)=C[C@H](N=C(N)N)[C@H]2C)[C@H](O)CO)C(=O)CCOCCOCCOCCOCCOCCOCCOCCOCCCOCCOCCOCCOCCON)[C@H](O)CO)OC(C(=O)O)=C[C@@H]1N=C(N)N. The molecule has 0 radical (unpaired) electrons. The number of carboxylic acid groups (broad SMARTS) is 2. The van der Waals surface area contributed by atoms with Crippen molar-refractivity contribution in [3.05, 3.63) is 23.7 Å². The van der Waals surface area contributed by atoms with E-state index < -0.39 is 134 Å². The Morgan fingerprint density at radius 3 is 1.18 bits per heavy atom. The third-order valence-electron chi connectivity index (χ3n) is 14.5. The summed E-state index contributed by atoms with van der Waals surface area (Å²) in [5.74, 6) is -3.08. The number of guanidine groups is 2. The average molecular weight is 1520 g/mol. The van der Waals surface area contributed by atoms with Crippen LogP contribution in [0.2, 0.25) is 0 Å². The molecule has 0 aliphatic carbocycles. The summed E-state index contributed by atoms with van der Waals surface area (Å²) in [7, 11) is 0. The average Bonchev–Trinajstić information content (AvgIpc) is 0.808. The van der Waals surface area contributed by atoms with Gasteiger partial charge in [0.05, 0.1) is 216 Å². The zero-order valence-electron chi connectivity index (χ0n) is 60.1. The number of ether oxygens (including phenoxy) is 18. The Kier molecular flexibility index (Phi) is 55.5. The number of aliphatic hydroxyl groups excluding tert-OH is 4. The van der Waals surface area contributed by atoms with Crippen molar-refractivity contribution in [2.24, 2.45) is 44.7 Å². The first-order valence-corrected chi connectivity index (χ1v) is 34.4. The standard InChI is InChI=1S/C63H115N11O31/c1-44-46(72-62(64)65)38-50(60(83)84)104-56(44)57(48(78)40-75)101-42-52(80)69-5-12-90-14-7-74(8-15-91-13-6-70-53(81)43-102-58(49(79)41-76)59-55(71-45(2)77)47(73-63(66)67)39-51(105-59)61(85)86)54(82)4-11-89-18-21-94-24-27-96-29-31-98-33-32-97-30-28-95-25-22-92-19-16-87-9-3-10-88-17-20-93-23-26-99-34-35-100-36-37-103-68/h38-39,44,46-49,55-59,75-76,78-79H,3-37,40-43,68H2,1-2H3,(H,69,80)(H,70,81)(H,71,77)(H,83,84)(H,85,86)(H4,64,65,72)(H4,66,67,73)/t44-,46+,47+,48-,49-,55-,56-,57-,58-,59-/m1/s1. The quantitative estimate of drug-likeness (QED) is 0.0116. The van der Waals surface area contributed by atoms with E-state index in [1.165, 1.54) is 11.0 Å².